The molecule has 0 aromatic carbocycles. The van der Waals surface area contributed by atoms with E-state index in [1.54, 1.807) is 6.20 Å². The van der Waals surface area contributed by atoms with E-state index in [9.17, 15) is 0 Å². The number of hydrogen-bond donors (Lipinski definition) is 0. The first-order valence-electron chi connectivity index (χ1n) is 5.09. The first-order valence-corrected chi connectivity index (χ1v) is 5.09. The second-order valence-corrected chi connectivity index (χ2v) is 4.23. The minimum Gasteiger partial charge on any atom is -0.159 e. The highest BCUT2D eigenvalue weighted by molar-refractivity contribution is 5.14. The molecule has 1 heterocycles. The van der Waals surface area contributed by atoms with Gasteiger partial charge in [-0.15, -0.1) is 0 Å². The molecule has 1 aromatic heterocycles. The average Bonchev–Trinajstić information content (AvgIpc) is 2.20. The summed E-state index contributed by atoms with van der Waals surface area (Å²) < 4.78 is 0. The van der Waals surface area contributed by atoms with Crippen molar-refractivity contribution in [1.82, 2.24) is 10.2 Å². The molecule has 0 N–H and O–H groups in total. The Balaban J connectivity index is 2.23. The number of aromatic nitrogens is 2. The van der Waals surface area contributed by atoms with E-state index in [-0.39, 0.29) is 0 Å². The minimum absolute atomic E-state index is 0.298. The van der Waals surface area contributed by atoms with E-state index in [0.717, 1.165) is 0 Å². The fourth-order valence-electron chi connectivity index (χ4n) is 2.21. The van der Waals surface area contributed by atoms with Gasteiger partial charge in [-0.3, -0.25) is 0 Å². The lowest BCUT2D eigenvalue weighted by Crippen LogP contribution is -2.26. The zero-order chi connectivity index (χ0) is 9.15. The van der Waals surface area contributed by atoms with Gasteiger partial charge in [0.25, 0.3) is 0 Å². The molecule has 13 heavy (non-hydrogen) atoms. The molecule has 0 unspecified atom stereocenters. The van der Waals surface area contributed by atoms with Gasteiger partial charge in [-0.2, -0.15) is 10.2 Å². The molecule has 0 spiro atoms. The molecule has 2 heteroatoms. The molecule has 1 aliphatic rings. The second-order valence-electron chi connectivity index (χ2n) is 4.23. The molecule has 0 radical (unpaired) electrons. The topological polar surface area (TPSA) is 25.8 Å². The number of rotatable bonds is 1. The highest BCUT2D eigenvalue weighted by Gasteiger charge is 2.29. The van der Waals surface area contributed by atoms with Crippen LogP contribution in [0, 0.1) is 0 Å². The number of hydrogen-bond acceptors (Lipinski definition) is 2. The van der Waals surface area contributed by atoms with Crippen LogP contribution in [-0.4, -0.2) is 10.2 Å². The van der Waals surface area contributed by atoms with E-state index >= 15 is 0 Å². The predicted octanol–water partition coefficient (Wildman–Crippen LogP) is 2.70. The van der Waals surface area contributed by atoms with Gasteiger partial charge in [0.15, 0.2) is 0 Å². The van der Waals surface area contributed by atoms with Crippen molar-refractivity contribution >= 4 is 0 Å². The highest BCUT2D eigenvalue weighted by atomic mass is 15.1. The van der Waals surface area contributed by atoms with Crippen molar-refractivity contribution in [3.05, 3.63) is 24.0 Å². The lowest BCUT2D eigenvalue weighted by Gasteiger charge is -2.32. The first-order chi connectivity index (χ1) is 6.31. The quantitative estimate of drug-likeness (QED) is 0.657. The third-order valence-electron chi connectivity index (χ3n) is 3.15. The third kappa shape index (κ3) is 1.71. The summed E-state index contributed by atoms with van der Waals surface area (Å²) in [5.41, 5.74) is 1.47. The van der Waals surface area contributed by atoms with Gasteiger partial charge < -0.3 is 0 Å². The van der Waals surface area contributed by atoms with Crippen molar-refractivity contribution in [3.63, 3.8) is 0 Å². The molecular weight excluding hydrogens is 160 g/mol. The van der Waals surface area contributed by atoms with Crippen molar-refractivity contribution < 1.29 is 0 Å². The SMILES string of the molecule is CC1(c2cccnn2)CCCCC1. The van der Waals surface area contributed by atoms with Gasteiger partial charge in [-0.1, -0.05) is 26.2 Å². The summed E-state index contributed by atoms with van der Waals surface area (Å²) in [6.07, 6.45) is 8.35. The van der Waals surface area contributed by atoms with Crippen molar-refractivity contribution in [3.8, 4) is 0 Å². The van der Waals surface area contributed by atoms with Crippen LogP contribution >= 0.6 is 0 Å². The summed E-state index contributed by atoms with van der Waals surface area (Å²) in [6, 6.07) is 4.10. The van der Waals surface area contributed by atoms with Crippen LogP contribution in [0.25, 0.3) is 0 Å². The summed E-state index contributed by atoms with van der Waals surface area (Å²) in [6.45, 7) is 2.32. The van der Waals surface area contributed by atoms with Crippen LogP contribution in [0.3, 0.4) is 0 Å². The lowest BCUT2D eigenvalue weighted by molar-refractivity contribution is 0.310. The molecule has 1 aliphatic carbocycles. The molecule has 0 aliphatic heterocycles. The summed E-state index contributed by atoms with van der Waals surface area (Å²) in [5.74, 6) is 0. The standard InChI is InChI=1S/C11H16N2/c1-11(7-3-2-4-8-11)10-6-5-9-12-13-10/h5-6,9H,2-4,7-8H2,1H3. The Hall–Kier alpha value is -0.920. The molecule has 0 atom stereocenters. The second kappa shape index (κ2) is 3.44. The Morgan fingerprint density at radius 3 is 2.62 bits per heavy atom. The fourth-order valence-corrected chi connectivity index (χ4v) is 2.21. The van der Waals surface area contributed by atoms with E-state index < -0.39 is 0 Å². The fraction of sp³-hybridized carbons (Fsp3) is 0.636. The Labute approximate surface area is 79.4 Å². The lowest BCUT2D eigenvalue weighted by atomic mass is 9.73. The summed E-state index contributed by atoms with van der Waals surface area (Å²) in [7, 11) is 0. The third-order valence-corrected chi connectivity index (χ3v) is 3.15. The van der Waals surface area contributed by atoms with Gasteiger partial charge in [0.2, 0.25) is 0 Å². The van der Waals surface area contributed by atoms with Gasteiger partial charge in [0.05, 0.1) is 5.69 Å². The van der Waals surface area contributed by atoms with Crippen LogP contribution in [0.2, 0.25) is 0 Å². The zero-order valence-corrected chi connectivity index (χ0v) is 8.16. The van der Waals surface area contributed by atoms with E-state index in [4.69, 9.17) is 0 Å². The number of nitrogens with zero attached hydrogens (tertiary/aromatic N) is 2. The van der Waals surface area contributed by atoms with Crippen LogP contribution in [0.4, 0.5) is 0 Å². The molecule has 1 aromatic rings. The van der Waals surface area contributed by atoms with Crippen LogP contribution in [0.15, 0.2) is 18.3 Å². The van der Waals surface area contributed by atoms with Crippen LogP contribution < -0.4 is 0 Å². The smallest absolute Gasteiger partial charge is 0.0689 e. The Morgan fingerprint density at radius 1 is 1.23 bits per heavy atom. The van der Waals surface area contributed by atoms with E-state index in [1.165, 1.54) is 37.8 Å². The van der Waals surface area contributed by atoms with Gasteiger partial charge in [0.1, 0.15) is 0 Å². The molecule has 0 bridgehead atoms. The Kier molecular flexibility index (Phi) is 2.30. The predicted molar refractivity (Wildman–Crippen MR) is 52.5 cm³/mol. The minimum atomic E-state index is 0.298. The molecular formula is C11H16N2. The van der Waals surface area contributed by atoms with Crippen molar-refractivity contribution in [2.75, 3.05) is 0 Å². The molecule has 0 saturated heterocycles. The van der Waals surface area contributed by atoms with Crippen molar-refractivity contribution in [2.24, 2.45) is 0 Å². The van der Waals surface area contributed by atoms with Crippen LogP contribution in [0.1, 0.15) is 44.7 Å². The molecule has 0 amide bonds. The van der Waals surface area contributed by atoms with E-state index in [0.29, 0.717) is 5.41 Å². The Bertz CT molecular complexity index is 263. The summed E-state index contributed by atoms with van der Waals surface area (Å²) in [4.78, 5) is 0. The molecule has 1 fully saturated rings. The maximum atomic E-state index is 4.22. The molecule has 70 valence electrons. The summed E-state index contributed by atoms with van der Waals surface area (Å²) in [5, 5.41) is 8.18. The van der Waals surface area contributed by atoms with Gasteiger partial charge in [0, 0.05) is 11.6 Å². The maximum absolute atomic E-state index is 4.22. The van der Waals surface area contributed by atoms with Gasteiger partial charge in [-0.25, -0.2) is 0 Å². The van der Waals surface area contributed by atoms with Crippen LogP contribution in [-0.2, 0) is 5.41 Å². The molecule has 2 nitrogen and oxygen atoms in total. The van der Waals surface area contributed by atoms with Crippen molar-refractivity contribution in [1.29, 1.82) is 0 Å². The van der Waals surface area contributed by atoms with E-state index in [2.05, 4.69) is 23.2 Å². The maximum Gasteiger partial charge on any atom is 0.0689 e. The first kappa shape index (κ1) is 8.67. The highest BCUT2D eigenvalue weighted by Crippen LogP contribution is 2.37. The molecule has 1 saturated carbocycles. The van der Waals surface area contributed by atoms with Crippen molar-refractivity contribution in [2.45, 2.75) is 44.4 Å². The summed E-state index contributed by atoms with van der Waals surface area (Å²) >= 11 is 0. The average molecular weight is 176 g/mol. The molecule has 2 rings (SSSR count). The largest absolute Gasteiger partial charge is 0.159 e. The van der Waals surface area contributed by atoms with Gasteiger partial charge >= 0.3 is 0 Å². The van der Waals surface area contributed by atoms with E-state index in [1.807, 2.05) is 6.07 Å². The van der Waals surface area contributed by atoms with Gasteiger partial charge in [-0.05, 0) is 25.0 Å². The zero-order valence-electron chi connectivity index (χ0n) is 8.16. The normalized spacial score (nSPS) is 21.3. The van der Waals surface area contributed by atoms with Crippen LogP contribution in [0.5, 0.6) is 0 Å². The monoisotopic (exact) mass is 176 g/mol. The Morgan fingerprint density at radius 2 is 2.00 bits per heavy atom.